The highest BCUT2D eigenvalue weighted by molar-refractivity contribution is 5.93. The number of Topliss-reactive ketones (excluding diaryl/α,β-unsaturated/α-hetero) is 1. The van der Waals surface area contributed by atoms with Gasteiger partial charge in [0.1, 0.15) is 42.1 Å². The lowest BCUT2D eigenvalue weighted by molar-refractivity contribution is -0.157. The first-order valence-electron chi connectivity index (χ1n) is 27.4. The number of aliphatic carboxylic acids is 1. The highest BCUT2D eigenvalue weighted by Gasteiger charge is 2.35. The van der Waals surface area contributed by atoms with Crippen LogP contribution in [0.25, 0.3) is 22.3 Å². The lowest BCUT2D eigenvalue weighted by Crippen LogP contribution is -2.61. The minimum absolute atomic E-state index is 0.0533. The first-order valence-corrected chi connectivity index (χ1v) is 27.4. The van der Waals surface area contributed by atoms with Gasteiger partial charge in [0.2, 0.25) is 17.7 Å². The molecule has 4 aromatic rings. The number of amides is 5. The molecule has 8 rings (SSSR count). The number of aromatic nitrogens is 2. The van der Waals surface area contributed by atoms with Crippen molar-refractivity contribution >= 4 is 47.3 Å². The fraction of sp³-hybridized carbons (Fsp3) is 0.492. The molecule has 2 fully saturated rings. The van der Waals surface area contributed by atoms with Gasteiger partial charge in [0, 0.05) is 73.2 Å². The number of esters is 1. The highest BCUT2D eigenvalue weighted by Crippen LogP contribution is 2.27. The van der Waals surface area contributed by atoms with Crippen LogP contribution in [0.15, 0.2) is 85.2 Å². The van der Waals surface area contributed by atoms with E-state index in [1.807, 2.05) is 107 Å². The smallest absolute Gasteiger partial charge is 0.325 e. The molecule has 8 atom stereocenters. The van der Waals surface area contributed by atoms with Crippen LogP contribution in [0.2, 0.25) is 0 Å². The van der Waals surface area contributed by atoms with Crippen LogP contribution < -0.4 is 26.8 Å². The number of nitrogens with zero attached hydrogens (tertiary/aromatic N) is 4. The molecule has 7 N–H and O–H groups in total. The molecular weight excluding hydrogens is 1010 g/mol. The standard InChI is InChI=1S/C30H40N4O6.C29H37N5O5/c1-18(2)26(28(37)32-19(3)29(38)34-14-6-9-27(33-34)30(39)40)16-25(36)13-12-24-11-10-23(17-31-24)22-8-5-7-21(15-22)20(4)35;1-17(2)26-27(36)31-18(3)28(37)34-14-6-9-24(33-34)29(38)39-19(4)20-7-5-8-21(15-20)22-10-11-23(30-16-22)12-13-25(35)32-26/h5,7-8,10-11,15,17-20,26-27,33,35H,6,9,12-14,16H2,1-4H3,(H,32,37)(H,39,40);5,7-8,10-11,15-19,24,26,33H,6,9,12-14H2,1-4H3,(H,31,36)(H,32,35)/t19-,20+,26-,27-;18-,19+,24-,26-/m00/s1. The van der Waals surface area contributed by atoms with Crippen LogP contribution in [0.5, 0.6) is 0 Å². The summed E-state index contributed by atoms with van der Waals surface area (Å²) in [7, 11) is 0. The molecule has 0 spiro atoms. The monoisotopic (exact) mass is 1090 g/mol. The van der Waals surface area contributed by atoms with Crippen molar-refractivity contribution in [2.75, 3.05) is 13.1 Å². The van der Waals surface area contributed by atoms with Crippen molar-refractivity contribution in [3.05, 3.63) is 108 Å². The number of hydrazine groups is 2. The molecule has 4 aliphatic rings. The maximum Gasteiger partial charge on any atom is 0.325 e. The Morgan fingerprint density at radius 2 is 1.47 bits per heavy atom. The fourth-order valence-corrected chi connectivity index (χ4v) is 9.48. The average molecular weight is 1090 g/mol. The SMILES string of the molecule is CC(C)[C@@H]1NC(=O)CCc2ccc(cn2)-c2cccc(c2)[C@@H](C)OC(=O)[C@@H]2CCCN(N2)C(=O)[C@H](C)NC1=O.CC(C)[C@H](CC(=O)CCc1ccc(-c2cccc([C@@H](C)O)c2)cn1)C(=O)N[C@@H](C)C(=O)N1CCC[C@@H](C(=O)O)N1. The number of carboxylic acids is 1. The van der Waals surface area contributed by atoms with Crippen LogP contribution in [-0.4, -0.2) is 121 Å². The zero-order valence-corrected chi connectivity index (χ0v) is 46.5. The van der Waals surface area contributed by atoms with Gasteiger partial charge < -0.3 is 30.9 Å². The van der Waals surface area contributed by atoms with E-state index < -0.39 is 72.1 Å². The van der Waals surface area contributed by atoms with Crippen molar-refractivity contribution in [2.45, 2.75) is 156 Å². The van der Waals surface area contributed by atoms with Crippen LogP contribution >= 0.6 is 0 Å². The number of carbonyl (C=O) groups excluding carboxylic acids is 7. The Morgan fingerprint density at radius 3 is 2.11 bits per heavy atom. The van der Waals surface area contributed by atoms with Crippen LogP contribution in [0.4, 0.5) is 0 Å². The molecule has 2 aromatic carbocycles. The number of fused-ring (bicyclic) bond motifs is 12. The van der Waals surface area contributed by atoms with Gasteiger partial charge in [-0.05, 0) is 125 Å². The highest BCUT2D eigenvalue weighted by atomic mass is 16.5. The largest absolute Gasteiger partial charge is 0.480 e. The summed E-state index contributed by atoms with van der Waals surface area (Å²) >= 11 is 0. The van der Waals surface area contributed by atoms with Crippen molar-refractivity contribution in [1.82, 2.24) is 46.8 Å². The number of ether oxygens (including phenoxy) is 1. The summed E-state index contributed by atoms with van der Waals surface area (Å²) in [5.74, 6) is -4.31. The summed E-state index contributed by atoms with van der Waals surface area (Å²) in [4.78, 5) is 111. The number of benzene rings is 2. The summed E-state index contributed by atoms with van der Waals surface area (Å²) in [6, 6.07) is 19.0. The van der Waals surface area contributed by atoms with Crippen molar-refractivity contribution in [2.24, 2.45) is 17.8 Å². The second kappa shape index (κ2) is 28.5. The van der Waals surface area contributed by atoms with E-state index in [-0.39, 0.29) is 54.6 Å². The molecule has 0 saturated carbocycles. The summed E-state index contributed by atoms with van der Waals surface area (Å²) < 4.78 is 5.78. The van der Waals surface area contributed by atoms with Crippen LogP contribution in [0.1, 0.15) is 135 Å². The fourth-order valence-electron chi connectivity index (χ4n) is 9.48. The zero-order valence-electron chi connectivity index (χ0n) is 46.5. The topological polar surface area (TPSA) is 279 Å². The van der Waals surface area contributed by atoms with E-state index in [4.69, 9.17) is 4.74 Å². The molecule has 6 heterocycles. The summed E-state index contributed by atoms with van der Waals surface area (Å²) in [6.07, 6.45) is 5.89. The maximum absolute atomic E-state index is 13.1. The molecule has 4 aliphatic heterocycles. The maximum atomic E-state index is 13.1. The van der Waals surface area contributed by atoms with Crippen molar-refractivity contribution < 1.29 is 53.3 Å². The van der Waals surface area contributed by atoms with Crippen LogP contribution in [0.3, 0.4) is 0 Å². The Hall–Kier alpha value is -7.42. The Bertz CT molecular complexity index is 2790. The average Bonchev–Trinajstić information content (AvgIpc) is 3.45. The number of rotatable bonds is 13. The quantitative estimate of drug-likeness (QED) is 0.0816. The molecule has 6 bridgehead atoms. The van der Waals surface area contributed by atoms with E-state index in [2.05, 4.69) is 36.8 Å². The van der Waals surface area contributed by atoms with Gasteiger partial charge in [-0.1, -0.05) is 76.2 Å². The van der Waals surface area contributed by atoms with Crippen molar-refractivity contribution in [3.8, 4) is 22.3 Å². The Morgan fingerprint density at radius 1 is 0.785 bits per heavy atom. The first-order chi connectivity index (χ1) is 37.6. The summed E-state index contributed by atoms with van der Waals surface area (Å²) in [5.41, 5.74) is 12.6. The first kappa shape index (κ1) is 60.8. The molecular formula is C59H77N9O11. The molecule has 0 unspecified atom stereocenters. The van der Waals surface area contributed by atoms with E-state index in [1.165, 1.54) is 10.0 Å². The Balaban J connectivity index is 0.000000255. The normalized spacial score (nSPS) is 21.4. The number of aliphatic hydroxyl groups excluding tert-OH is 1. The number of aryl methyl sites for hydroxylation is 2. The number of hydrogen-bond acceptors (Lipinski definition) is 14. The van der Waals surface area contributed by atoms with Gasteiger partial charge in [-0.3, -0.25) is 58.3 Å². The number of ketones is 1. The number of carboxylic acid groups (broad SMARTS) is 1. The summed E-state index contributed by atoms with van der Waals surface area (Å²) in [5, 5.41) is 29.9. The number of nitrogens with one attached hydrogen (secondary N) is 5. The van der Waals surface area contributed by atoms with E-state index in [1.54, 1.807) is 33.2 Å². The Kier molecular flexibility index (Phi) is 21.9. The lowest BCUT2D eigenvalue weighted by Gasteiger charge is -2.35. The predicted molar refractivity (Wildman–Crippen MR) is 294 cm³/mol. The Labute approximate surface area is 462 Å². The molecule has 5 amide bonds. The molecule has 79 heavy (non-hydrogen) atoms. The predicted octanol–water partition coefficient (Wildman–Crippen LogP) is 5.49. The minimum Gasteiger partial charge on any atom is -0.480 e. The summed E-state index contributed by atoms with van der Waals surface area (Å²) in [6.45, 7) is 14.8. The minimum atomic E-state index is -1.03. The third kappa shape index (κ3) is 17.3. The molecule has 20 heteroatoms. The number of aliphatic hydroxyl groups is 1. The van der Waals surface area contributed by atoms with Gasteiger partial charge in [-0.2, -0.15) is 0 Å². The third-order valence-electron chi connectivity index (χ3n) is 14.4. The van der Waals surface area contributed by atoms with E-state index >= 15 is 0 Å². The van der Waals surface area contributed by atoms with Gasteiger partial charge in [-0.25, -0.2) is 10.9 Å². The van der Waals surface area contributed by atoms with Gasteiger partial charge >= 0.3 is 11.9 Å². The van der Waals surface area contributed by atoms with Crippen LogP contribution in [0, 0.1) is 17.8 Å². The second-order valence-electron chi connectivity index (χ2n) is 21.4. The van der Waals surface area contributed by atoms with E-state index in [9.17, 15) is 48.6 Å². The molecule has 0 radical (unpaired) electrons. The van der Waals surface area contributed by atoms with Crippen LogP contribution in [-0.2, 0) is 55.9 Å². The molecule has 424 valence electrons. The molecule has 2 saturated heterocycles. The third-order valence-corrected chi connectivity index (χ3v) is 14.4. The molecule has 20 nitrogen and oxygen atoms in total. The number of carbonyl (C=O) groups is 8. The molecule has 0 aliphatic carbocycles. The van der Waals surface area contributed by atoms with Gasteiger partial charge in [0.05, 0.1) is 6.10 Å². The lowest BCUT2D eigenvalue weighted by atomic mass is 9.88. The van der Waals surface area contributed by atoms with E-state index in [0.717, 1.165) is 44.8 Å². The van der Waals surface area contributed by atoms with Crippen molar-refractivity contribution in [3.63, 3.8) is 0 Å². The number of pyridine rings is 2. The number of hydrogen-bond donors (Lipinski definition) is 7. The van der Waals surface area contributed by atoms with Gasteiger partial charge in [0.25, 0.3) is 11.8 Å². The van der Waals surface area contributed by atoms with E-state index in [0.29, 0.717) is 51.6 Å². The molecule has 2 aromatic heterocycles. The van der Waals surface area contributed by atoms with Crippen molar-refractivity contribution in [1.29, 1.82) is 0 Å². The second-order valence-corrected chi connectivity index (χ2v) is 21.4. The van der Waals surface area contributed by atoms with Gasteiger partial charge in [0.15, 0.2) is 0 Å². The zero-order chi connectivity index (χ0) is 57.5. The van der Waals surface area contributed by atoms with Gasteiger partial charge in [-0.15, -0.1) is 0 Å².